The highest BCUT2D eigenvalue weighted by Crippen LogP contribution is 2.12. The molecule has 0 saturated heterocycles. The number of nitrogens with one attached hydrogen (secondary N) is 1. The average Bonchev–Trinajstić information content (AvgIpc) is 2.61. The normalized spacial score (nSPS) is 10.4. The lowest BCUT2D eigenvalue weighted by atomic mass is 10.1. The van der Waals surface area contributed by atoms with E-state index in [0.29, 0.717) is 0 Å². The second-order valence-electron chi connectivity index (χ2n) is 3.74. The SMILES string of the molecule is CC(C)=CCc1cnc2[nH]ccc2c1. The summed E-state index contributed by atoms with van der Waals surface area (Å²) in [5, 5.41) is 1.18. The van der Waals surface area contributed by atoms with E-state index in [0.717, 1.165) is 12.1 Å². The number of hydrogen-bond donors (Lipinski definition) is 1. The molecule has 2 aromatic rings. The van der Waals surface area contributed by atoms with E-state index in [1.165, 1.54) is 16.5 Å². The van der Waals surface area contributed by atoms with Crippen LogP contribution in [0.5, 0.6) is 0 Å². The molecule has 0 aliphatic rings. The summed E-state index contributed by atoms with van der Waals surface area (Å²) in [4.78, 5) is 7.42. The van der Waals surface area contributed by atoms with Gasteiger partial charge in [-0.05, 0) is 38.0 Å². The van der Waals surface area contributed by atoms with Gasteiger partial charge in [-0.25, -0.2) is 4.98 Å². The lowest BCUT2D eigenvalue weighted by Crippen LogP contribution is -1.84. The zero-order valence-corrected chi connectivity index (χ0v) is 8.54. The number of pyridine rings is 1. The van der Waals surface area contributed by atoms with E-state index in [1.54, 1.807) is 0 Å². The maximum Gasteiger partial charge on any atom is 0.137 e. The van der Waals surface area contributed by atoms with Crippen molar-refractivity contribution in [3.05, 3.63) is 41.7 Å². The molecule has 0 aromatic carbocycles. The Morgan fingerprint density at radius 2 is 2.36 bits per heavy atom. The smallest absolute Gasteiger partial charge is 0.137 e. The van der Waals surface area contributed by atoms with Crippen molar-refractivity contribution in [3.8, 4) is 0 Å². The first-order valence-corrected chi connectivity index (χ1v) is 4.81. The Labute approximate surface area is 83.7 Å². The summed E-state index contributed by atoms with van der Waals surface area (Å²) < 4.78 is 0. The highest BCUT2D eigenvalue weighted by Gasteiger charge is 1.96. The van der Waals surface area contributed by atoms with Crippen molar-refractivity contribution in [2.75, 3.05) is 0 Å². The quantitative estimate of drug-likeness (QED) is 0.717. The number of nitrogens with zero attached hydrogens (tertiary/aromatic N) is 1. The second-order valence-corrected chi connectivity index (χ2v) is 3.74. The molecule has 0 atom stereocenters. The van der Waals surface area contributed by atoms with Crippen molar-refractivity contribution in [2.24, 2.45) is 0 Å². The zero-order valence-electron chi connectivity index (χ0n) is 8.54. The number of allylic oxidation sites excluding steroid dienone is 2. The number of aromatic amines is 1. The van der Waals surface area contributed by atoms with Crippen molar-refractivity contribution >= 4 is 11.0 Å². The predicted octanol–water partition coefficient (Wildman–Crippen LogP) is 3.07. The number of aromatic nitrogens is 2. The van der Waals surface area contributed by atoms with Crippen molar-refractivity contribution in [2.45, 2.75) is 20.3 Å². The Kier molecular flexibility index (Phi) is 2.35. The maximum atomic E-state index is 4.33. The van der Waals surface area contributed by atoms with Crippen molar-refractivity contribution in [1.29, 1.82) is 0 Å². The van der Waals surface area contributed by atoms with E-state index in [2.05, 4.69) is 36.0 Å². The number of fused-ring (bicyclic) bond motifs is 1. The van der Waals surface area contributed by atoms with Crippen LogP contribution in [-0.2, 0) is 6.42 Å². The van der Waals surface area contributed by atoms with E-state index >= 15 is 0 Å². The molecule has 0 spiro atoms. The lowest BCUT2D eigenvalue weighted by molar-refractivity contribution is 1.18. The zero-order chi connectivity index (χ0) is 9.97. The van der Waals surface area contributed by atoms with Crippen LogP contribution in [0.15, 0.2) is 36.2 Å². The minimum absolute atomic E-state index is 0.964. The summed E-state index contributed by atoms with van der Waals surface area (Å²) in [7, 11) is 0. The average molecular weight is 186 g/mol. The molecule has 2 rings (SSSR count). The van der Waals surface area contributed by atoms with Gasteiger partial charge in [0.25, 0.3) is 0 Å². The molecule has 0 saturated carbocycles. The van der Waals surface area contributed by atoms with Crippen LogP contribution in [0.3, 0.4) is 0 Å². The molecular formula is C12H14N2. The molecule has 0 fully saturated rings. The van der Waals surface area contributed by atoms with Crippen LogP contribution in [0.2, 0.25) is 0 Å². The molecule has 0 aliphatic heterocycles. The summed E-state index contributed by atoms with van der Waals surface area (Å²) in [6.45, 7) is 4.23. The van der Waals surface area contributed by atoms with Crippen LogP contribution < -0.4 is 0 Å². The van der Waals surface area contributed by atoms with Crippen molar-refractivity contribution < 1.29 is 0 Å². The van der Waals surface area contributed by atoms with E-state index in [9.17, 15) is 0 Å². The lowest BCUT2D eigenvalue weighted by Gasteiger charge is -1.97. The molecule has 72 valence electrons. The number of H-pyrrole nitrogens is 1. The molecule has 0 radical (unpaired) electrons. The van der Waals surface area contributed by atoms with Crippen molar-refractivity contribution in [1.82, 2.24) is 9.97 Å². The molecule has 0 unspecified atom stereocenters. The molecule has 2 aromatic heterocycles. The Hall–Kier alpha value is -1.57. The van der Waals surface area contributed by atoms with Crippen LogP contribution in [0.4, 0.5) is 0 Å². The molecular weight excluding hydrogens is 172 g/mol. The highest BCUT2D eigenvalue weighted by atomic mass is 14.8. The summed E-state index contributed by atoms with van der Waals surface area (Å²) in [5.41, 5.74) is 3.57. The Bertz CT molecular complexity index is 462. The van der Waals surface area contributed by atoms with Crippen LogP contribution in [0, 0.1) is 0 Å². The molecule has 0 bridgehead atoms. The third-order valence-corrected chi connectivity index (χ3v) is 2.20. The molecule has 1 N–H and O–H groups in total. The Morgan fingerprint density at radius 3 is 3.14 bits per heavy atom. The van der Waals surface area contributed by atoms with Crippen LogP contribution in [0.25, 0.3) is 11.0 Å². The largest absolute Gasteiger partial charge is 0.346 e. The van der Waals surface area contributed by atoms with Crippen LogP contribution in [-0.4, -0.2) is 9.97 Å². The van der Waals surface area contributed by atoms with Gasteiger partial charge in [-0.1, -0.05) is 11.6 Å². The number of rotatable bonds is 2. The number of hydrogen-bond acceptors (Lipinski definition) is 1. The topological polar surface area (TPSA) is 28.7 Å². The standard InChI is InChI=1S/C12H14N2/c1-9(2)3-4-10-7-11-5-6-13-12(11)14-8-10/h3,5-8H,4H2,1-2H3,(H,13,14). The Balaban J connectivity index is 2.30. The highest BCUT2D eigenvalue weighted by molar-refractivity contribution is 5.75. The van der Waals surface area contributed by atoms with E-state index in [4.69, 9.17) is 0 Å². The van der Waals surface area contributed by atoms with Gasteiger partial charge < -0.3 is 4.98 Å². The fourth-order valence-corrected chi connectivity index (χ4v) is 1.42. The van der Waals surface area contributed by atoms with E-state index < -0.39 is 0 Å². The predicted molar refractivity (Wildman–Crippen MR) is 59.2 cm³/mol. The first-order valence-electron chi connectivity index (χ1n) is 4.81. The minimum atomic E-state index is 0.964. The molecule has 2 heteroatoms. The summed E-state index contributed by atoms with van der Waals surface area (Å²) >= 11 is 0. The Morgan fingerprint density at radius 1 is 1.50 bits per heavy atom. The molecule has 0 aliphatic carbocycles. The van der Waals surface area contributed by atoms with Gasteiger partial charge >= 0.3 is 0 Å². The summed E-state index contributed by atoms with van der Waals surface area (Å²) in [6.07, 6.45) is 7.03. The van der Waals surface area contributed by atoms with Gasteiger partial charge in [0.15, 0.2) is 0 Å². The second kappa shape index (κ2) is 3.66. The third-order valence-electron chi connectivity index (χ3n) is 2.20. The molecule has 2 heterocycles. The molecule has 2 nitrogen and oxygen atoms in total. The van der Waals surface area contributed by atoms with Gasteiger partial charge in [0.1, 0.15) is 5.65 Å². The molecule has 0 amide bonds. The first-order chi connectivity index (χ1) is 6.75. The monoisotopic (exact) mass is 186 g/mol. The minimum Gasteiger partial charge on any atom is -0.346 e. The first kappa shape index (κ1) is 9.00. The fraction of sp³-hybridized carbons (Fsp3) is 0.250. The van der Waals surface area contributed by atoms with Gasteiger partial charge in [-0.15, -0.1) is 0 Å². The van der Waals surface area contributed by atoms with Gasteiger partial charge in [-0.3, -0.25) is 0 Å². The fourth-order valence-electron chi connectivity index (χ4n) is 1.42. The maximum absolute atomic E-state index is 4.33. The van der Waals surface area contributed by atoms with Crippen molar-refractivity contribution in [3.63, 3.8) is 0 Å². The summed E-state index contributed by atoms with van der Waals surface area (Å²) in [6, 6.07) is 4.23. The van der Waals surface area contributed by atoms with Gasteiger partial charge in [0.05, 0.1) is 0 Å². The van der Waals surface area contributed by atoms with Crippen LogP contribution >= 0.6 is 0 Å². The van der Waals surface area contributed by atoms with Crippen LogP contribution in [0.1, 0.15) is 19.4 Å². The summed E-state index contributed by atoms with van der Waals surface area (Å²) in [5.74, 6) is 0. The van der Waals surface area contributed by atoms with Gasteiger partial charge in [0, 0.05) is 17.8 Å². The van der Waals surface area contributed by atoms with E-state index in [-0.39, 0.29) is 0 Å². The third kappa shape index (κ3) is 1.84. The van der Waals surface area contributed by atoms with Gasteiger partial charge in [-0.2, -0.15) is 0 Å². The van der Waals surface area contributed by atoms with Gasteiger partial charge in [0.2, 0.25) is 0 Å². The molecule has 14 heavy (non-hydrogen) atoms. The van der Waals surface area contributed by atoms with E-state index in [1.807, 2.05) is 18.5 Å².